The van der Waals surface area contributed by atoms with E-state index in [1.165, 1.54) is 12.0 Å². The summed E-state index contributed by atoms with van der Waals surface area (Å²) in [7, 11) is 0. The lowest BCUT2D eigenvalue weighted by Gasteiger charge is -2.58. The van der Waals surface area contributed by atoms with Crippen molar-refractivity contribution < 1.29 is 9.90 Å². The third kappa shape index (κ3) is 4.35. The van der Waals surface area contributed by atoms with Crippen molar-refractivity contribution in [3.05, 3.63) is 98.5 Å². The number of para-hydroxylation sites is 1. The van der Waals surface area contributed by atoms with Crippen LogP contribution in [0.1, 0.15) is 76.3 Å². The minimum atomic E-state index is -1.31. The Kier molecular flexibility index (Phi) is 7.19. The number of carbonyl (C=O) groups excluding carboxylic acids is 1. The van der Waals surface area contributed by atoms with Crippen LogP contribution in [0.25, 0.3) is 0 Å². The average Bonchev–Trinajstić information content (AvgIpc) is 3.52. The van der Waals surface area contributed by atoms with Crippen LogP contribution in [0.15, 0.2) is 77.3 Å². The first-order chi connectivity index (χ1) is 22.5. The number of allylic oxidation sites excluding steroid dienone is 2. The molecular formula is C39H42Cl2N4O2. The number of halogens is 2. The molecule has 2 heterocycles. The summed E-state index contributed by atoms with van der Waals surface area (Å²) in [5.41, 5.74) is 10.8. The van der Waals surface area contributed by atoms with Gasteiger partial charge in [0.05, 0.1) is 28.3 Å². The van der Waals surface area contributed by atoms with E-state index in [-0.39, 0.29) is 40.2 Å². The molecule has 0 saturated heterocycles. The predicted octanol–water partition coefficient (Wildman–Crippen LogP) is 7.90. The number of anilines is 1. The Labute approximate surface area is 287 Å². The molecule has 0 aromatic heterocycles. The first-order valence-electron chi connectivity index (χ1n) is 17.1. The van der Waals surface area contributed by atoms with Gasteiger partial charge in [-0.1, -0.05) is 73.0 Å². The van der Waals surface area contributed by atoms with Gasteiger partial charge in [-0.2, -0.15) is 5.26 Å². The van der Waals surface area contributed by atoms with Gasteiger partial charge in [-0.05, 0) is 110 Å². The molecule has 1 amide bonds. The lowest BCUT2D eigenvalue weighted by atomic mass is 9.47. The van der Waals surface area contributed by atoms with Crippen molar-refractivity contribution in [2.75, 3.05) is 4.90 Å². The van der Waals surface area contributed by atoms with E-state index in [1.54, 1.807) is 17.0 Å². The van der Waals surface area contributed by atoms with Gasteiger partial charge in [0.15, 0.2) is 0 Å². The molecule has 2 aliphatic heterocycles. The van der Waals surface area contributed by atoms with Gasteiger partial charge in [0.1, 0.15) is 17.3 Å². The van der Waals surface area contributed by atoms with Crippen LogP contribution in [0.2, 0.25) is 10.0 Å². The Balaban J connectivity index is 1.17. The molecule has 3 fully saturated rings. The predicted molar refractivity (Wildman–Crippen MR) is 185 cm³/mol. The summed E-state index contributed by atoms with van der Waals surface area (Å²) in [4.78, 5) is 16.6. The van der Waals surface area contributed by atoms with Gasteiger partial charge in [0.25, 0.3) is 0 Å². The smallest absolute Gasteiger partial charge is 0.247 e. The number of amides is 1. The number of nitriles is 1. The van der Waals surface area contributed by atoms with Crippen LogP contribution >= 0.6 is 23.2 Å². The highest BCUT2D eigenvalue weighted by atomic mass is 35.5. The molecule has 47 heavy (non-hydrogen) atoms. The van der Waals surface area contributed by atoms with Crippen molar-refractivity contribution in [2.45, 2.75) is 83.3 Å². The van der Waals surface area contributed by atoms with Crippen molar-refractivity contribution in [3.8, 4) is 6.07 Å². The van der Waals surface area contributed by atoms with Gasteiger partial charge in [-0.15, -0.1) is 0 Å². The van der Waals surface area contributed by atoms with Crippen LogP contribution < -0.4 is 16.0 Å². The second kappa shape index (κ2) is 10.9. The second-order valence-corrected chi connectivity index (χ2v) is 16.2. The van der Waals surface area contributed by atoms with Crippen molar-refractivity contribution in [1.29, 1.82) is 5.26 Å². The number of aliphatic hydroxyl groups is 1. The Morgan fingerprint density at radius 2 is 1.87 bits per heavy atom. The Hall–Kier alpha value is -3.24. The number of nitrogens with one attached hydrogen (secondary N) is 1. The highest BCUT2D eigenvalue weighted by Crippen LogP contribution is 2.67. The van der Waals surface area contributed by atoms with E-state index >= 15 is 0 Å². The van der Waals surface area contributed by atoms with E-state index in [1.807, 2.05) is 30.3 Å². The fourth-order valence-corrected chi connectivity index (χ4v) is 11.4. The van der Waals surface area contributed by atoms with E-state index in [0.29, 0.717) is 34.3 Å². The van der Waals surface area contributed by atoms with E-state index in [2.05, 4.69) is 37.4 Å². The monoisotopic (exact) mass is 668 g/mol. The SMILES string of the molecule is C[C@]12CC[C@H](O)CC1=CCC1C2CC[C@@]2(C)C1CC[C@@H]2C1=CC2(C(=O)N(Cc3ccc(Cl)c(Cl)c3)c3ccccc32)C(C#N)=C(N)N1. The van der Waals surface area contributed by atoms with Crippen LogP contribution in [0.3, 0.4) is 0 Å². The van der Waals surface area contributed by atoms with Gasteiger partial charge >= 0.3 is 0 Å². The van der Waals surface area contributed by atoms with Crippen molar-refractivity contribution in [2.24, 2.45) is 40.2 Å². The lowest BCUT2D eigenvalue weighted by Crippen LogP contribution is -2.51. The number of dihydropyridines is 1. The van der Waals surface area contributed by atoms with E-state index in [9.17, 15) is 15.2 Å². The Bertz CT molecular complexity index is 1830. The third-order valence-electron chi connectivity index (χ3n) is 13.4. The molecule has 4 unspecified atom stereocenters. The van der Waals surface area contributed by atoms with Crippen LogP contribution in [-0.4, -0.2) is 17.1 Å². The maximum Gasteiger partial charge on any atom is 0.247 e. The summed E-state index contributed by atoms with van der Waals surface area (Å²) in [6.45, 7) is 5.22. The number of rotatable bonds is 3. The fourth-order valence-electron chi connectivity index (χ4n) is 11.1. The molecule has 2 aromatic carbocycles. The highest BCUT2D eigenvalue weighted by molar-refractivity contribution is 6.42. The highest BCUT2D eigenvalue weighted by Gasteiger charge is 2.61. The first-order valence-corrected chi connectivity index (χ1v) is 17.9. The van der Waals surface area contributed by atoms with Gasteiger partial charge in [-0.3, -0.25) is 4.79 Å². The Morgan fingerprint density at radius 3 is 2.66 bits per heavy atom. The number of nitrogens with two attached hydrogens (primary N) is 1. The topological polar surface area (TPSA) is 102 Å². The molecule has 244 valence electrons. The number of aliphatic hydroxyl groups excluding tert-OH is 1. The molecule has 2 aromatic rings. The number of carbonyl (C=O) groups is 1. The maximum absolute atomic E-state index is 14.8. The Morgan fingerprint density at radius 1 is 1.06 bits per heavy atom. The minimum Gasteiger partial charge on any atom is -0.393 e. The van der Waals surface area contributed by atoms with Crippen LogP contribution in [0.5, 0.6) is 0 Å². The number of hydrogen-bond donors (Lipinski definition) is 3. The molecule has 0 bridgehead atoms. The zero-order valence-electron chi connectivity index (χ0n) is 27.0. The van der Waals surface area contributed by atoms with Gasteiger partial charge in [-0.25, -0.2) is 0 Å². The summed E-state index contributed by atoms with van der Waals surface area (Å²) in [5.74, 6) is 2.10. The molecular weight excluding hydrogens is 627 g/mol. The maximum atomic E-state index is 14.8. The molecule has 4 N–H and O–H groups in total. The number of hydrogen-bond acceptors (Lipinski definition) is 5. The summed E-state index contributed by atoms with van der Waals surface area (Å²) in [6, 6.07) is 15.5. The molecule has 6 nitrogen and oxygen atoms in total. The third-order valence-corrected chi connectivity index (χ3v) is 14.1. The van der Waals surface area contributed by atoms with Gasteiger partial charge < -0.3 is 21.1 Å². The normalized spacial score (nSPS) is 37.3. The first kappa shape index (κ1) is 31.1. The second-order valence-electron chi connectivity index (χ2n) is 15.4. The van der Waals surface area contributed by atoms with Gasteiger partial charge in [0.2, 0.25) is 5.91 Å². The summed E-state index contributed by atoms with van der Waals surface area (Å²) in [5, 5.41) is 25.4. The van der Waals surface area contributed by atoms with E-state index in [0.717, 1.165) is 67.5 Å². The molecule has 0 radical (unpaired) electrons. The van der Waals surface area contributed by atoms with Crippen LogP contribution in [-0.2, 0) is 16.8 Å². The molecule has 4 aliphatic carbocycles. The fraction of sp³-hybridized carbons (Fsp3) is 0.487. The molecule has 8 atom stereocenters. The zero-order valence-corrected chi connectivity index (χ0v) is 28.5. The summed E-state index contributed by atoms with van der Waals surface area (Å²) < 4.78 is 0. The average molecular weight is 670 g/mol. The zero-order chi connectivity index (χ0) is 32.9. The molecule has 1 spiro atoms. The number of fused-ring (bicyclic) bond motifs is 7. The standard InChI is InChI=1S/C39H42Cl2N4O2/c1-37-15-13-24(46)18-23(37)8-9-25-26-10-11-28(38(26,2)16-14-27(25)37)33-19-39(30(20-42)35(43)44-33)29-5-3-4-6-34(29)45(36(39)47)21-22-7-12-31(40)32(41)17-22/h3-8,12,17,19,24-28,44,46H,9-11,13-16,18,21,43H2,1-2H3/t24-,25?,26?,27?,28+,37-,38-,39?/m0/s1. The number of nitrogens with zero attached hydrogens (tertiary/aromatic N) is 2. The molecule has 8 rings (SSSR count). The largest absolute Gasteiger partial charge is 0.393 e. The minimum absolute atomic E-state index is 0.0441. The molecule has 3 saturated carbocycles. The van der Waals surface area contributed by atoms with E-state index < -0.39 is 5.41 Å². The van der Waals surface area contributed by atoms with Gasteiger partial charge in [0, 0.05) is 22.9 Å². The van der Waals surface area contributed by atoms with Crippen LogP contribution in [0, 0.1) is 45.8 Å². The van der Waals surface area contributed by atoms with Crippen LogP contribution in [0.4, 0.5) is 5.69 Å². The summed E-state index contributed by atoms with van der Waals surface area (Å²) >= 11 is 12.6. The molecule has 6 aliphatic rings. The summed E-state index contributed by atoms with van der Waals surface area (Å²) in [6.07, 6.45) is 12.7. The van der Waals surface area contributed by atoms with Crippen molar-refractivity contribution in [3.63, 3.8) is 0 Å². The quantitative estimate of drug-likeness (QED) is 0.289. The van der Waals surface area contributed by atoms with E-state index in [4.69, 9.17) is 28.9 Å². The number of benzene rings is 2. The van der Waals surface area contributed by atoms with Crippen molar-refractivity contribution >= 4 is 34.8 Å². The lowest BCUT2D eigenvalue weighted by molar-refractivity contribution is -0.120. The van der Waals surface area contributed by atoms with Crippen molar-refractivity contribution in [1.82, 2.24) is 5.32 Å². The molecule has 8 heteroatoms.